The minimum absolute atomic E-state index is 0.275. The van der Waals surface area contributed by atoms with Crippen LogP contribution < -0.4 is 20.1 Å². The Morgan fingerprint density at radius 1 is 1.23 bits per heavy atom. The number of nitrogens with zero attached hydrogens (tertiary/aromatic N) is 3. The Bertz CT molecular complexity index is 825. The zero-order valence-corrected chi connectivity index (χ0v) is 18.6. The van der Waals surface area contributed by atoms with Crippen LogP contribution in [0.5, 0.6) is 11.5 Å². The second kappa shape index (κ2) is 10.9. The first-order chi connectivity index (χ1) is 14.6. The Morgan fingerprint density at radius 3 is 2.70 bits per heavy atom. The molecule has 1 aliphatic carbocycles. The third-order valence-corrected chi connectivity index (χ3v) is 5.31. The van der Waals surface area contributed by atoms with Crippen LogP contribution in [0.2, 0.25) is 0 Å². The van der Waals surface area contributed by atoms with Crippen molar-refractivity contribution in [3.8, 4) is 11.5 Å². The number of hydrogen-bond donors (Lipinski definition) is 2. The second-order valence-corrected chi connectivity index (χ2v) is 8.14. The lowest BCUT2D eigenvalue weighted by molar-refractivity contribution is 0.198. The molecule has 0 atom stereocenters. The molecule has 1 fully saturated rings. The van der Waals surface area contributed by atoms with E-state index < -0.39 is 0 Å². The highest BCUT2D eigenvalue weighted by Gasteiger charge is 2.20. The van der Waals surface area contributed by atoms with E-state index in [2.05, 4.69) is 45.1 Å². The summed E-state index contributed by atoms with van der Waals surface area (Å²) in [7, 11) is 3.46. The van der Waals surface area contributed by atoms with Crippen molar-refractivity contribution < 1.29 is 9.47 Å². The van der Waals surface area contributed by atoms with Crippen LogP contribution in [0.4, 0.5) is 0 Å². The summed E-state index contributed by atoms with van der Waals surface area (Å²) in [5, 5.41) is 6.75. The summed E-state index contributed by atoms with van der Waals surface area (Å²) < 4.78 is 14.1. The molecule has 0 radical (unpaired) electrons. The van der Waals surface area contributed by atoms with Crippen LogP contribution in [-0.4, -0.2) is 35.8 Å². The normalized spacial score (nSPS) is 14.9. The van der Waals surface area contributed by atoms with Gasteiger partial charge in [-0.2, -0.15) is 0 Å². The third kappa shape index (κ3) is 5.90. The fourth-order valence-corrected chi connectivity index (χ4v) is 3.80. The lowest BCUT2D eigenvalue weighted by atomic mass is 10.1. The highest BCUT2D eigenvalue weighted by molar-refractivity contribution is 5.79. The molecule has 1 aromatic heterocycles. The maximum Gasteiger partial charge on any atom is 0.191 e. The molecule has 0 saturated heterocycles. The molecule has 0 spiro atoms. The van der Waals surface area contributed by atoms with Crippen molar-refractivity contribution in [2.45, 2.75) is 65.3 Å². The van der Waals surface area contributed by atoms with Crippen molar-refractivity contribution in [3.05, 3.63) is 42.0 Å². The van der Waals surface area contributed by atoms with Crippen molar-refractivity contribution in [3.63, 3.8) is 0 Å². The van der Waals surface area contributed by atoms with Crippen molar-refractivity contribution in [1.82, 2.24) is 20.2 Å². The Labute approximate surface area is 179 Å². The third-order valence-electron chi connectivity index (χ3n) is 5.31. The zero-order chi connectivity index (χ0) is 21.3. The Kier molecular flexibility index (Phi) is 7.99. The highest BCUT2D eigenvalue weighted by atomic mass is 16.5. The van der Waals surface area contributed by atoms with Gasteiger partial charge in [-0.3, -0.25) is 4.99 Å². The maximum atomic E-state index is 6.33. The van der Waals surface area contributed by atoms with E-state index in [0.717, 1.165) is 48.2 Å². The van der Waals surface area contributed by atoms with Gasteiger partial charge in [0.25, 0.3) is 0 Å². The summed E-state index contributed by atoms with van der Waals surface area (Å²) >= 11 is 0. The molecule has 164 valence electrons. The van der Waals surface area contributed by atoms with Crippen LogP contribution >= 0.6 is 0 Å². The molecular weight excluding hydrogens is 378 g/mol. The van der Waals surface area contributed by atoms with Crippen LogP contribution in [-0.2, 0) is 19.6 Å². The molecule has 0 unspecified atom stereocenters. The molecule has 1 heterocycles. The zero-order valence-electron chi connectivity index (χ0n) is 18.6. The Balaban J connectivity index is 1.61. The van der Waals surface area contributed by atoms with Crippen LogP contribution in [0.15, 0.2) is 35.6 Å². The van der Waals surface area contributed by atoms with E-state index in [1.54, 1.807) is 14.2 Å². The van der Waals surface area contributed by atoms with E-state index in [9.17, 15) is 0 Å². The number of methoxy groups -OCH3 is 1. The minimum Gasteiger partial charge on any atom is -0.493 e. The van der Waals surface area contributed by atoms with E-state index in [1.165, 1.54) is 12.8 Å². The molecule has 3 rings (SSSR count). The fourth-order valence-electron chi connectivity index (χ4n) is 3.80. The number of hydrogen-bond acceptors (Lipinski definition) is 4. The first-order valence-electron chi connectivity index (χ1n) is 10.9. The molecule has 0 bridgehead atoms. The number of rotatable bonds is 9. The summed E-state index contributed by atoms with van der Waals surface area (Å²) in [4.78, 5) is 8.82. The summed E-state index contributed by atoms with van der Waals surface area (Å²) in [6.45, 7) is 6.57. The smallest absolute Gasteiger partial charge is 0.191 e. The van der Waals surface area contributed by atoms with Crippen molar-refractivity contribution in [2.75, 3.05) is 14.2 Å². The number of benzene rings is 1. The number of aromatic nitrogens is 2. The summed E-state index contributed by atoms with van der Waals surface area (Å²) in [6.07, 6.45) is 8.83. The first-order valence-corrected chi connectivity index (χ1v) is 10.9. The Morgan fingerprint density at radius 2 is 2.00 bits per heavy atom. The molecule has 2 aromatic rings. The average molecular weight is 414 g/mol. The maximum absolute atomic E-state index is 6.33. The molecule has 1 saturated carbocycles. The summed E-state index contributed by atoms with van der Waals surface area (Å²) in [5.74, 6) is 3.91. The lowest BCUT2D eigenvalue weighted by Gasteiger charge is -2.20. The standard InChI is InChI=1S/C23H35N5O2/c1-17(2)16-28-13-12-25-21(28)15-27-23(24-3)26-14-18-8-7-11-20(29-4)22(18)30-19-9-5-6-10-19/h7-8,11-13,17,19H,5-6,9-10,14-16H2,1-4H3,(H2,24,26,27). The molecule has 7 heteroatoms. The van der Waals surface area contributed by atoms with Crippen LogP contribution in [0, 0.1) is 5.92 Å². The van der Waals surface area contributed by atoms with Gasteiger partial charge in [0, 0.05) is 38.1 Å². The molecule has 1 aromatic carbocycles. The number of guanidine groups is 1. The predicted octanol–water partition coefficient (Wildman–Crippen LogP) is 3.73. The van der Waals surface area contributed by atoms with Gasteiger partial charge >= 0.3 is 0 Å². The average Bonchev–Trinajstić information content (AvgIpc) is 3.40. The second-order valence-electron chi connectivity index (χ2n) is 8.14. The van der Waals surface area contributed by atoms with Gasteiger partial charge in [-0.05, 0) is 37.7 Å². The molecule has 1 aliphatic rings. The van der Waals surface area contributed by atoms with Gasteiger partial charge in [0.1, 0.15) is 5.82 Å². The van der Waals surface area contributed by atoms with E-state index in [4.69, 9.17) is 9.47 Å². The molecule has 30 heavy (non-hydrogen) atoms. The molecule has 7 nitrogen and oxygen atoms in total. The van der Waals surface area contributed by atoms with Crippen molar-refractivity contribution in [2.24, 2.45) is 10.9 Å². The van der Waals surface area contributed by atoms with E-state index >= 15 is 0 Å². The predicted molar refractivity (Wildman–Crippen MR) is 120 cm³/mol. The summed E-state index contributed by atoms with van der Waals surface area (Å²) in [5.41, 5.74) is 1.06. The van der Waals surface area contributed by atoms with Gasteiger partial charge < -0.3 is 24.7 Å². The SMILES string of the molecule is CN=C(NCc1cccc(OC)c1OC1CCCC1)NCc1nccn1CC(C)C. The van der Waals surface area contributed by atoms with Gasteiger partial charge in [-0.25, -0.2) is 4.98 Å². The monoisotopic (exact) mass is 413 g/mol. The van der Waals surface area contributed by atoms with E-state index in [0.29, 0.717) is 19.0 Å². The van der Waals surface area contributed by atoms with E-state index in [1.807, 2.05) is 24.5 Å². The van der Waals surface area contributed by atoms with Crippen molar-refractivity contribution in [1.29, 1.82) is 0 Å². The Hall–Kier alpha value is -2.70. The molecule has 0 aliphatic heterocycles. The first kappa shape index (κ1) is 22.0. The van der Waals surface area contributed by atoms with Gasteiger partial charge in [0.2, 0.25) is 0 Å². The van der Waals surface area contributed by atoms with E-state index in [-0.39, 0.29) is 6.10 Å². The quantitative estimate of drug-likeness (QED) is 0.484. The molecular formula is C23H35N5O2. The number of imidazole rings is 1. The lowest BCUT2D eigenvalue weighted by Crippen LogP contribution is -2.37. The number of ether oxygens (including phenoxy) is 2. The van der Waals surface area contributed by atoms with Gasteiger partial charge in [0.15, 0.2) is 17.5 Å². The van der Waals surface area contributed by atoms with Crippen molar-refractivity contribution >= 4 is 5.96 Å². The van der Waals surface area contributed by atoms with Crippen LogP contribution in [0.25, 0.3) is 0 Å². The minimum atomic E-state index is 0.275. The van der Waals surface area contributed by atoms with Crippen LogP contribution in [0.1, 0.15) is 50.9 Å². The summed E-state index contributed by atoms with van der Waals surface area (Å²) in [6, 6.07) is 6.02. The number of aliphatic imine (C=N–C) groups is 1. The van der Waals surface area contributed by atoms with Gasteiger partial charge in [-0.15, -0.1) is 0 Å². The molecule has 2 N–H and O–H groups in total. The topological polar surface area (TPSA) is 72.7 Å². The van der Waals surface area contributed by atoms with Crippen LogP contribution in [0.3, 0.4) is 0 Å². The number of nitrogens with one attached hydrogen (secondary N) is 2. The van der Waals surface area contributed by atoms with Gasteiger partial charge in [0.05, 0.1) is 19.8 Å². The van der Waals surface area contributed by atoms with Gasteiger partial charge in [-0.1, -0.05) is 26.0 Å². The largest absolute Gasteiger partial charge is 0.493 e. The fraction of sp³-hybridized carbons (Fsp3) is 0.565. The molecule has 0 amide bonds. The highest BCUT2D eigenvalue weighted by Crippen LogP contribution is 2.34. The number of para-hydroxylation sites is 1.